The highest BCUT2D eigenvalue weighted by Crippen LogP contribution is 2.27. The summed E-state index contributed by atoms with van der Waals surface area (Å²) in [6.45, 7) is 2.56. The van der Waals surface area contributed by atoms with E-state index in [0.717, 1.165) is 31.2 Å². The first-order valence-electron chi connectivity index (χ1n) is 6.70. The van der Waals surface area contributed by atoms with Crippen LogP contribution >= 0.6 is 11.6 Å². The fourth-order valence-electron chi connectivity index (χ4n) is 2.55. The van der Waals surface area contributed by atoms with Gasteiger partial charge in [0.05, 0.1) is 4.90 Å². The number of sulfonamides is 1. The highest BCUT2D eigenvalue weighted by atomic mass is 35.5. The Kier molecular flexibility index (Phi) is 4.87. The van der Waals surface area contributed by atoms with E-state index in [0.29, 0.717) is 17.3 Å². The molecule has 1 atom stereocenters. The topological polar surface area (TPSA) is 37.4 Å². The second-order valence-electron chi connectivity index (χ2n) is 5.06. The minimum Gasteiger partial charge on any atom is -0.207 e. The van der Waals surface area contributed by atoms with Crippen LogP contribution in [0.3, 0.4) is 0 Å². The number of benzene rings is 1. The number of piperidine rings is 1. The van der Waals surface area contributed by atoms with Gasteiger partial charge in [-0.05, 0) is 38.3 Å². The Balaban J connectivity index is 2.28. The quantitative estimate of drug-likeness (QED) is 0.801. The average Bonchev–Trinajstić information content (AvgIpc) is 2.40. The predicted octanol–water partition coefficient (Wildman–Crippen LogP) is 3.17. The summed E-state index contributed by atoms with van der Waals surface area (Å²) in [5, 5.41) is 0. The lowest BCUT2D eigenvalue weighted by Gasteiger charge is -2.34. The molecule has 1 fully saturated rings. The fraction of sp³-hybridized carbons (Fsp3) is 0.571. The van der Waals surface area contributed by atoms with Gasteiger partial charge in [0.1, 0.15) is 0 Å². The molecule has 0 aromatic heterocycles. The molecular formula is C14H20ClNO2S. The van der Waals surface area contributed by atoms with Crippen LogP contribution in [0, 0.1) is 6.92 Å². The number of hydrogen-bond acceptors (Lipinski definition) is 2. The van der Waals surface area contributed by atoms with Crippen molar-refractivity contribution in [3.05, 3.63) is 29.8 Å². The van der Waals surface area contributed by atoms with Crippen LogP contribution in [0.15, 0.2) is 29.2 Å². The van der Waals surface area contributed by atoms with Crippen LogP contribution in [-0.4, -0.2) is 31.2 Å². The molecule has 0 N–H and O–H groups in total. The van der Waals surface area contributed by atoms with E-state index in [4.69, 9.17) is 11.6 Å². The smallest absolute Gasteiger partial charge is 0.207 e. The number of nitrogens with zero attached hydrogens (tertiary/aromatic N) is 1. The normalized spacial score (nSPS) is 21.5. The number of hydrogen-bond donors (Lipinski definition) is 0. The van der Waals surface area contributed by atoms with E-state index < -0.39 is 10.0 Å². The van der Waals surface area contributed by atoms with Gasteiger partial charge in [-0.25, -0.2) is 8.42 Å². The Morgan fingerprint density at radius 1 is 1.26 bits per heavy atom. The van der Waals surface area contributed by atoms with Crippen molar-refractivity contribution >= 4 is 21.6 Å². The molecule has 0 saturated carbocycles. The molecule has 0 bridgehead atoms. The Morgan fingerprint density at radius 2 is 1.95 bits per heavy atom. The maximum Gasteiger partial charge on any atom is 0.243 e. The summed E-state index contributed by atoms with van der Waals surface area (Å²) in [5.41, 5.74) is 1.06. The average molecular weight is 302 g/mol. The molecule has 1 unspecified atom stereocenters. The summed E-state index contributed by atoms with van der Waals surface area (Å²) < 4.78 is 27.0. The largest absolute Gasteiger partial charge is 0.243 e. The van der Waals surface area contributed by atoms with Crippen molar-refractivity contribution in [2.75, 3.05) is 12.4 Å². The molecule has 1 saturated heterocycles. The van der Waals surface area contributed by atoms with Gasteiger partial charge in [-0.3, -0.25) is 0 Å². The number of rotatable bonds is 4. The van der Waals surface area contributed by atoms with Gasteiger partial charge in [0.25, 0.3) is 0 Å². The molecule has 1 heterocycles. The Morgan fingerprint density at radius 3 is 2.58 bits per heavy atom. The van der Waals surface area contributed by atoms with E-state index in [1.807, 2.05) is 19.1 Å². The third-order valence-corrected chi connectivity index (χ3v) is 5.83. The SMILES string of the molecule is Cc1ccc(S(=O)(=O)N2CCCCC2CCCl)cc1. The van der Waals surface area contributed by atoms with Crippen LogP contribution in [0.1, 0.15) is 31.2 Å². The lowest BCUT2D eigenvalue weighted by molar-refractivity contribution is 0.247. The molecular weight excluding hydrogens is 282 g/mol. The van der Waals surface area contributed by atoms with Gasteiger partial charge in [0, 0.05) is 18.5 Å². The Labute approximate surface area is 120 Å². The number of alkyl halides is 1. The minimum absolute atomic E-state index is 0.0533. The van der Waals surface area contributed by atoms with E-state index in [9.17, 15) is 8.42 Å². The summed E-state index contributed by atoms with van der Waals surface area (Å²) in [5.74, 6) is 0.505. The first-order chi connectivity index (χ1) is 9.05. The van der Waals surface area contributed by atoms with Crippen LogP contribution in [-0.2, 0) is 10.0 Å². The van der Waals surface area contributed by atoms with Crippen LogP contribution in [0.5, 0.6) is 0 Å². The second kappa shape index (κ2) is 6.25. The zero-order chi connectivity index (χ0) is 13.9. The van der Waals surface area contributed by atoms with Crippen molar-refractivity contribution in [3.63, 3.8) is 0 Å². The van der Waals surface area contributed by atoms with E-state index in [-0.39, 0.29) is 6.04 Å². The molecule has 1 aromatic rings. The maximum atomic E-state index is 12.7. The first-order valence-corrected chi connectivity index (χ1v) is 8.67. The van der Waals surface area contributed by atoms with E-state index in [1.165, 1.54) is 0 Å². The van der Waals surface area contributed by atoms with Gasteiger partial charge in [-0.15, -0.1) is 11.6 Å². The van der Waals surface area contributed by atoms with E-state index >= 15 is 0 Å². The van der Waals surface area contributed by atoms with Crippen molar-refractivity contribution in [2.45, 2.75) is 43.5 Å². The molecule has 3 nitrogen and oxygen atoms in total. The summed E-state index contributed by atoms with van der Waals surface area (Å²) in [7, 11) is -3.38. The van der Waals surface area contributed by atoms with Crippen molar-refractivity contribution < 1.29 is 8.42 Å². The summed E-state index contributed by atoms with van der Waals surface area (Å²) in [4.78, 5) is 0.388. The maximum absolute atomic E-state index is 12.7. The van der Waals surface area contributed by atoms with Crippen LogP contribution in [0.4, 0.5) is 0 Å². The molecule has 5 heteroatoms. The van der Waals surface area contributed by atoms with Crippen LogP contribution in [0.2, 0.25) is 0 Å². The molecule has 1 aliphatic rings. The zero-order valence-electron chi connectivity index (χ0n) is 11.2. The standard InChI is InChI=1S/C14H20ClNO2S/c1-12-5-7-14(8-6-12)19(17,18)16-11-3-2-4-13(16)9-10-15/h5-8,13H,2-4,9-11H2,1H3. The monoisotopic (exact) mass is 301 g/mol. The molecule has 19 heavy (non-hydrogen) atoms. The van der Waals surface area contributed by atoms with Crippen molar-refractivity contribution in [2.24, 2.45) is 0 Å². The van der Waals surface area contributed by atoms with E-state index in [2.05, 4.69) is 0 Å². The number of aryl methyl sites for hydroxylation is 1. The molecule has 1 aromatic carbocycles. The zero-order valence-corrected chi connectivity index (χ0v) is 12.8. The second-order valence-corrected chi connectivity index (χ2v) is 7.32. The van der Waals surface area contributed by atoms with Crippen LogP contribution < -0.4 is 0 Å². The number of halogens is 1. The van der Waals surface area contributed by atoms with Crippen LogP contribution in [0.25, 0.3) is 0 Å². The lowest BCUT2D eigenvalue weighted by atomic mass is 10.0. The molecule has 106 valence electrons. The highest BCUT2D eigenvalue weighted by molar-refractivity contribution is 7.89. The lowest BCUT2D eigenvalue weighted by Crippen LogP contribution is -2.43. The third-order valence-electron chi connectivity index (χ3n) is 3.64. The predicted molar refractivity (Wildman–Crippen MR) is 78.0 cm³/mol. The van der Waals surface area contributed by atoms with Gasteiger partial charge >= 0.3 is 0 Å². The van der Waals surface area contributed by atoms with Crippen molar-refractivity contribution in [1.82, 2.24) is 4.31 Å². The summed E-state index contributed by atoms with van der Waals surface area (Å²) in [6.07, 6.45) is 3.66. The third kappa shape index (κ3) is 3.30. The first kappa shape index (κ1) is 14.8. The van der Waals surface area contributed by atoms with Gasteiger partial charge in [0.15, 0.2) is 0 Å². The Hall–Kier alpha value is -0.580. The van der Waals surface area contributed by atoms with Gasteiger partial charge < -0.3 is 0 Å². The van der Waals surface area contributed by atoms with Gasteiger partial charge in [-0.1, -0.05) is 24.1 Å². The minimum atomic E-state index is -3.38. The van der Waals surface area contributed by atoms with Crippen molar-refractivity contribution in [3.8, 4) is 0 Å². The molecule has 0 spiro atoms. The Bertz CT molecular complexity index is 511. The highest BCUT2D eigenvalue weighted by Gasteiger charge is 2.32. The summed E-state index contributed by atoms with van der Waals surface area (Å²) >= 11 is 5.80. The van der Waals surface area contributed by atoms with Gasteiger partial charge in [-0.2, -0.15) is 4.31 Å². The molecule has 0 radical (unpaired) electrons. The molecule has 1 aliphatic heterocycles. The molecule has 2 rings (SSSR count). The summed E-state index contributed by atoms with van der Waals surface area (Å²) in [6, 6.07) is 7.12. The molecule has 0 aliphatic carbocycles. The fourth-order valence-corrected chi connectivity index (χ4v) is 4.53. The van der Waals surface area contributed by atoms with Crippen molar-refractivity contribution in [1.29, 1.82) is 0 Å². The van der Waals surface area contributed by atoms with E-state index in [1.54, 1.807) is 16.4 Å². The van der Waals surface area contributed by atoms with Gasteiger partial charge in [0.2, 0.25) is 10.0 Å². The molecule has 0 amide bonds.